The van der Waals surface area contributed by atoms with Crippen molar-refractivity contribution in [2.45, 2.75) is 32.1 Å². The summed E-state index contributed by atoms with van der Waals surface area (Å²) in [6, 6.07) is 12.6. The highest BCUT2D eigenvalue weighted by Crippen LogP contribution is 2.63. The summed E-state index contributed by atoms with van der Waals surface area (Å²) in [5, 5.41) is 5.88. The van der Waals surface area contributed by atoms with Gasteiger partial charge in [0.25, 0.3) is 0 Å². The van der Waals surface area contributed by atoms with Crippen LogP contribution >= 0.6 is 0 Å². The molecule has 0 saturated heterocycles. The summed E-state index contributed by atoms with van der Waals surface area (Å²) in [4.78, 5) is 5.04. The van der Waals surface area contributed by atoms with Crippen molar-refractivity contribution in [1.82, 2.24) is 0 Å². The van der Waals surface area contributed by atoms with Gasteiger partial charge in [-0.05, 0) is 80.0 Å². The van der Waals surface area contributed by atoms with Gasteiger partial charge in [-0.1, -0.05) is 18.2 Å². The lowest BCUT2D eigenvalue weighted by atomic mass is 9.45. The lowest BCUT2D eigenvalue weighted by Gasteiger charge is -2.60. The fourth-order valence-electron chi connectivity index (χ4n) is 7.06. The Labute approximate surface area is 159 Å². The molecule has 3 heteroatoms. The van der Waals surface area contributed by atoms with Gasteiger partial charge >= 0.3 is 0 Å². The lowest BCUT2D eigenvalue weighted by Crippen LogP contribution is -2.57. The number of ether oxygens (including phenoxy) is 1. The third kappa shape index (κ3) is 1.90. The maximum atomic E-state index is 6.44. The van der Waals surface area contributed by atoms with Gasteiger partial charge in [0.2, 0.25) is 0 Å². The Morgan fingerprint density at radius 2 is 1.67 bits per heavy atom. The van der Waals surface area contributed by atoms with Crippen molar-refractivity contribution in [2.75, 3.05) is 11.9 Å². The van der Waals surface area contributed by atoms with Crippen LogP contribution in [0.4, 0.5) is 17.1 Å². The number of hydrogen-bond donors (Lipinski definition) is 1. The fraction of sp³-hybridized carbons (Fsp3) is 0.458. The van der Waals surface area contributed by atoms with E-state index in [4.69, 9.17) is 9.73 Å². The molecular formula is C24H24N2O. The molecule has 2 aromatic rings. The van der Waals surface area contributed by atoms with E-state index < -0.39 is 0 Å². The summed E-state index contributed by atoms with van der Waals surface area (Å²) in [5.41, 5.74) is 3.46. The second kappa shape index (κ2) is 4.95. The molecule has 3 nitrogen and oxygen atoms in total. The molecule has 4 bridgehead atoms. The molecule has 27 heavy (non-hydrogen) atoms. The minimum Gasteiger partial charge on any atom is -0.492 e. The maximum absolute atomic E-state index is 6.44. The number of nitrogens with one attached hydrogen (secondary N) is 1. The van der Waals surface area contributed by atoms with E-state index in [2.05, 4.69) is 47.8 Å². The highest BCUT2D eigenvalue weighted by atomic mass is 16.5. The summed E-state index contributed by atoms with van der Waals surface area (Å²) >= 11 is 0. The van der Waals surface area contributed by atoms with E-state index in [1.54, 1.807) is 0 Å². The van der Waals surface area contributed by atoms with Crippen LogP contribution in [0.2, 0.25) is 0 Å². The van der Waals surface area contributed by atoms with Crippen molar-refractivity contribution >= 4 is 23.1 Å². The molecule has 4 saturated carbocycles. The number of benzene rings is 2. The van der Waals surface area contributed by atoms with Gasteiger partial charge in [0.05, 0.1) is 29.0 Å². The van der Waals surface area contributed by atoms with Gasteiger partial charge in [-0.15, -0.1) is 0 Å². The molecule has 0 atom stereocenters. The summed E-state index contributed by atoms with van der Waals surface area (Å²) < 4.78 is 6.44. The van der Waals surface area contributed by atoms with Crippen molar-refractivity contribution in [3.05, 3.63) is 47.0 Å². The molecule has 0 unspecified atom stereocenters. The van der Waals surface area contributed by atoms with Crippen LogP contribution in [0, 0.1) is 29.1 Å². The van der Waals surface area contributed by atoms with Gasteiger partial charge in [-0.2, -0.15) is 0 Å². The maximum Gasteiger partial charge on any atom is 0.128 e. The average molecular weight is 356 g/mol. The zero-order chi connectivity index (χ0) is 17.6. The number of nitrogens with zero attached hydrogens (tertiary/aromatic N) is 1. The van der Waals surface area contributed by atoms with Gasteiger partial charge in [0.15, 0.2) is 0 Å². The first-order valence-electron chi connectivity index (χ1n) is 10.5. The van der Waals surface area contributed by atoms with E-state index in [0.29, 0.717) is 0 Å². The molecule has 8 rings (SSSR count). The zero-order valence-corrected chi connectivity index (χ0v) is 15.4. The normalized spacial score (nSPS) is 36.6. The van der Waals surface area contributed by atoms with E-state index in [1.807, 2.05) is 0 Å². The summed E-state index contributed by atoms with van der Waals surface area (Å²) in [6.07, 6.45) is 9.75. The van der Waals surface area contributed by atoms with Crippen LogP contribution in [0.5, 0.6) is 5.75 Å². The highest BCUT2D eigenvalue weighted by Gasteiger charge is 2.57. The Bertz CT molecular complexity index is 1060. The molecule has 2 aliphatic heterocycles. The van der Waals surface area contributed by atoms with Crippen LogP contribution < -0.4 is 20.6 Å². The molecule has 4 aliphatic carbocycles. The van der Waals surface area contributed by atoms with Crippen molar-refractivity contribution < 1.29 is 4.74 Å². The highest BCUT2D eigenvalue weighted by molar-refractivity contribution is 5.75. The third-order valence-corrected chi connectivity index (χ3v) is 8.13. The zero-order valence-electron chi connectivity index (χ0n) is 15.4. The molecule has 1 N–H and O–H groups in total. The predicted octanol–water partition coefficient (Wildman–Crippen LogP) is 4.31. The Kier molecular flexibility index (Phi) is 2.70. The minimum atomic E-state index is 0.238. The second-order valence-electron chi connectivity index (χ2n) is 9.48. The predicted molar refractivity (Wildman–Crippen MR) is 106 cm³/mol. The van der Waals surface area contributed by atoms with Gasteiger partial charge in [0.1, 0.15) is 5.75 Å². The second-order valence-corrected chi connectivity index (χ2v) is 9.48. The molecule has 0 radical (unpaired) electrons. The smallest absolute Gasteiger partial charge is 0.128 e. The molecular weight excluding hydrogens is 332 g/mol. The monoisotopic (exact) mass is 356 g/mol. The standard InChI is InChI=1S/C24H24N2O/c1-2-4-20-19(3-1)25-21-5-6-22-18(23(21)26-20)12-24(13-27-22)16-8-14-7-15(10-16)11-17(24)9-14/h1-6,12,14-17,25H,7-11,13H2. The van der Waals surface area contributed by atoms with Gasteiger partial charge in [0, 0.05) is 10.6 Å². The number of anilines is 2. The topological polar surface area (TPSA) is 33.6 Å². The molecule has 0 aromatic heterocycles. The van der Waals surface area contributed by atoms with E-state index >= 15 is 0 Å². The Balaban J connectivity index is 1.47. The molecule has 0 amide bonds. The van der Waals surface area contributed by atoms with Crippen LogP contribution in [-0.4, -0.2) is 6.61 Å². The SMILES string of the molecule is C1=c2c(ccc3c2=Nc2ccccc2N3)OCC12C1CC3CC(C1)CC2C3. The molecule has 1 spiro atoms. The molecule has 2 aromatic carbocycles. The van der Waals surface area contributed by atoms with Crippen LogP contribution in [0.25, 0.3) is 6.08 Å². The number of rotatable bonds is 0. The quantitative estimate of drug-likeness (QED) is 0.651. The van der Waals surface area contributed by atoms with Crippen LogP contribution in [0.1, 0.15) is 32.1 Å². The third-order valence-electron chi connectivity index (χ3n) is 8.13. The molecule has 2 heterocycles. The fourth-order valence-corrected chi connectivity index (χ4v) is 7.06. The summed E-state index contributed by atoms with van der Waals surface area (Å²) in [5.74, 6) is 4.59. The lowest BCUT2D eigenvalue weighted by molar-refractivity contribution is -0.0922. The number of fused-ring (bicyclic) bond motifs is 4. The Morgan fingerprint density at radius 1 is 0.889 bits per heavy atom. The van der Waals surface area contributed by atoms with E-state index in [-0.39, 0.29) is 5.41 Å². The first-order valence-corrected chi connectivity index (χ1v) is 10.5. The number of hydrogen-bond acceptors (Lipinski definition) is 3. The average Bonchev–Trinajstić information content (AvgIpc) is 2.70. The van der Waals surface area contributed by atoms with E-state index in [1.165, 1.54) is 37.3 Å². The van der Waals surface area contributed by atoms with Gasteiger partial charge in [-0.25, -0.2) is 4.99 Å². The van der Waals surface area contributed by atoms with Gasteiger partial charge < -0.3 is 10.1 Å². The van der Waals surface area contributed by atoms with Crippen molar-refractivity contribution in [2.24, 2.45) is 34.1 Å². The van der Waals surface area contributed by atoms with E-state index in [0.717, 1.165) is 58.4 Å². The molecule has 136 valence electrons. The van der Waals surface area contributed by atoms with Crippen molar-refractivity contribution in [3.63, 3.8) is 0 Å². The van der Waals surface area contributed by atoms with Crippen molar-refractivity contribution in [3.8, 4) is 5.75 Å². The first-order chi connectivity index (χ1) is 13.3. The summed E-state index contributed by atoms with van der Waals surface area (Å²) in [6.45, 7) is 0.873. The van der Waals surface area contributed by atoms with Crippen LogP contribution in [0.15, 0.2) is 41.4 Å². The molecule has 4 fully saturated rings. The number of para-hydroxylation sites is 2. The minimum absolute atomic E-state index is 0.238. The largest absolute Gasteiger partial charge is 0.492 e. The van der Waals surface area contributed by atoms with Crippen LogP contribution in [0.3, 0.4) is 0 Å². The Hall–Kier alpha value is -2.29. The van der Waals surface area contributed by atoms with E-state index in [9.17, 15) is 0 Å². The van der Waals surface area contributed by atoms with Gasteiger partial charge in [-0.3, -0.25) is 0 Å². The molecule has 6 aliphatic rings. The van der Waals surface area contributed by atoms with Crippen LogP contribution in [-0.2, 0) is 0 Å². The Morgan fingerprint density at radius 3 is 2.48 bits per heavy atom. The first kappa shape index (κ1) is 14.7. The summed E-state index contributed by atoms with van der Waals surface area (Å²) in [7, 11) is 0. The van der Waals surface area contributed by atoms with Crippen molar-refractivity contribution in [1.29, 1.82) is 0 Å².